The Kier molecular flexibility index (Phi) is 5.19. The van der Waals surface area contributed by atoms with Crippen molar-refractivity contribution in [2.75, 3.05) is 11.9 Å². The van der Waals surface area contributed by atoms with Gasteiger partial charge in [0, 0.05) is 10.0 Å². The first-order chi connectivity index (χ1) is 13.6. The Labute approximate surface area is 170 Å². The molecule has 5 nitrogen and oxygen atoms in total. The third-order valence-electron chi connectivity index (χ3n) is 3.96. The number of anilines is 1. The highest BCUT2D eigenvalue weighted by atomic mass is 35.5. The van der Waals surface area contributed by atoms with Gasteiger partial charge in [-0.25, -0.2) is 4.98 Å². The number of para-hydroxylation sites is 1. The van der Waals surface area contributed by atoms with E-state index >= 15 is 0 Å². The molecule has 1 aromatic heterocycles. The zero-order chi connectivity index (χ0) is 19.5. The number of nitrogens with one attached hydrogen (secondary N) is 1. The van der Waals surface area contributed by atoms with Gasteiger partial charge in [0.1, 0.15) is 11.3 Å². The van der Waals surface area contributed by atoms with Gasteiger partial charge in [-0.2, -0.15) is 0 Å². The third kappa shape index (κ3) is 4.11. The minimum absolute atomic E-state index is 0.140. The van der Waals surface area contributed by atoms with Crippen LogP contribution in [0.25, 0.3) is 22.6 Å². The third-order valence-corrected chi connectivity index (χ3v) is 4.45. The van der Waals surface area contributed by atoms with Gasteiger partial charge >= 0.3 is 0 Å². The molecule has 0 atom stereocenters. The quantitative estimate of drug-likeness (QED) is 0.448. The second-order valence-electron chi connectivity index (χ2n) is 5.97. The molecule has 28 heavy (non-hydrogen) atoms. The molecule has 3 aromatic carbocycles. The molecule has 1 N–H and O–H groups in total. The zero-order valence-electron chi connectivity index (χ0n) is 14.5. The number of halogens is 2. The summed E-state index contributed by atoms with van der Waals surface area (Å²) in [7, 11) is 0. The van der Waals surface area contributed by atoms with E-state index < -0.39 is 0 Å². The van der Waals surface area contributed by atoms with Crippen LogP contribution in [-0.4, -0.2) is 17.5 Å². The van der Waals surface area contributed by atoms with E-state index in [4.69, 9.17) is 32.4 Å². The van der Waals surface area contributed by atoms with E-state index in [9.17, 15) is 4.79 Å². The Morgan fingerprint density at radius 2 is 1.75 bits per heavy atom. The first kappa shape index (κ1) is 18.3. The maximum absolute atomic E-state index is 12.3. The van der Waals surface area contributed by atoms with Crippen LogP contribution >= 0.6 is 23.2 Å². The van der Waals surface area contributed by atoms with Crippen LogP contribution in [-0.2, 0) is 4.79 Å². The molecule has 4 rings (SSSR count). The van der Waals surface area contributed by atoms with Crippen LogP contribution < -0.4 is 10.1 Å². The number of carbonyl (C=O) groups is 1. The second kappa shape index (κ2) is 7.92. The molecule has 7 heteroatoms. The summed E-state index contributed by atoms with van der Waals surface area (Å²) in [6.45, 7) is -0.140. The van der Waals surface area contributed by atoms with Crippen LogP contribution in [0.1, 0.15) is 0 Å². The van der Waals surface area contributed by atoms with Crippen molar-refractivity contribution in [2.24, 2.45) is 0 Å². The van der Waals surface area contributed by atoms with Gasteiger partial charge in [-0.3, -0.25) is 4.79 Å². The maximum Gasteiger partial charge on any atom is 0.262 e. The number of hydrogen-bond donors (Lipinski definition) is 1. The number of rotatable bonds is 5. The molecule has 0 aliphatic rings. The molecule has 0 bridgehead atoms. The van der Waals surface area contributed by atoms with Gasteiger partial charge in [0.05, 0.1) is 11.3 Å². The van der Waals surface area contributed by atoms with Gasteiger partial charge in [0.15, 0.2) is 12.2 Å². The first-order valence-electron chi connectivity index (χ1n) is 8.42. The molecule has 0 fully saturated rings. The Morgan fingerprint density at radius 1 is 1.00 bits per heavy atom. The monoisotopic (exact) mass is 412 g/mol. The van der Waals surface area contributed by atoms with Gasteiger partial charge in [-0.1, -0.05) is 35.3 Å². The predicted octanol–water partition coefficient (Wildman–Crippen LogP) is 5.82. The molecule has 1 amide bonds. The van der Waals surface area contributed by atoms with E-state index in [1.165, 1.54) is 0 Å². The van der Waals surface area contributed by atoms with Crippen molar-refractivity contribution in [3.8, 4) is 17.2 Å². The molecule has 0 unspecified atom stereocenters. The maximum atomic E-state index is 12.3. The summed E-state index contributed by atoms with van der Waals surface area (Å²) in [6, 6.07) is 19.3. The molecule has 0 saturated carbocycles. The topological polar surface area (TPSA) is 64.4 Å². The fraction of sp³-hybridized carbons (Fsp3) is 0.0476. The molecule has 0 spiro atoms. The SMILES string of the molecule is O=C(COc1ccc(Cl)cc1)Nc1ccccc1-c1nc2cc(Cl)ccc2o1. The molecule has 4 aromatic rings. The van der Waals surface area contributed by atoms with Gasteiger partial charge < -0.3 is 14.5 Å². The molecule has 0 saturated heterocycles. The lowest BCUT2D eigenvalue weighted by Gasteiger charge is -2.10. The first-order valence-corrected chi connectivity index (χ1v) is 9.18. The standard InChI is InChI=1S/C21H14Cl2N2O3/c22-13-5-8-15(9-6-13)27-12-20(26)24-17-4-2-1-3-16(17)21-25-18-11-14(23)7-10-19(18)28-21/h1-11H,12H2,(H,24,26). The van der Waals surface area contributed by atoms with Crippen LogP contribution in [0.15, 0.2) is 71.1 Å². The van der Waals surface area contributed by atoms with E-state index in [1.807, 2.05) is 18.2 Å². The van der Waals surface area contributed by atoms with Crippen molar-refractivity contribution >= 4 is 45.9 Å². The summed E-state index contributed by atoms with van der Waals surface area (Å²) in [5.74, 6) is 0.650. The van der Waals surface area contributed by atoms with Crippen molar-refractivity contribution in [1.82, 2.24) is 4.98 Å². The smallest absolute Gasteiger partial charge is 0.262 e. The normalized spacial score (nSPS) is 10.8. The summed E-state index contributed by atoms with van der Waals surface area (Å²) in [4.78, 5) is 16.8. The lowest BCUT2D eigenvalue weighted by molar-refractivity contribution is -0.118. The Hall–Kier alpha value is -3.02. The average molecular weight is 413 g/mol. The highest BCUT2D eigenvalue weighted by Gasteiger charge is 2.14. The van der Waals surface area contributed by atoms with Crippen molar-refractivity contribution < 1.29 is 13.9 Å². The highest BCUT2D eigenvalue weighted by Crippen LogP contribution is 2.31. The van der Waals surface area contributed by atoms with E-state index in [1.54, 1.807) is 48.5 Å². The largest absolute Gasteiger partial charge is 0.484 e. The second-order valence-corrected chi connectivity index (χ2v) is 6.84. The van der Waals surface area contributed by atoms with Crippen molar-refractivity contribution in [2.45, 2.75) is 0 Å². The average Bonchev–Trinajstić information content (AvgIpc) is 3.11. The van der Waals surface area contributed by atoms with E-state index in [-0.39, 0.29) is 12.5 Å². The lowest BCUT2D eigenvalue weighted by atomic mass is 10.1. The van der Waals surface area contributed by atoms with E-state index in [0.29, 0.717) is 44.0 Å². The van der Waals surface area contributed by atoms with Crippen LogP contribution in [0.4, 0.5) is 5.69 Å². The Balaban J connectivity index is 1.52. The van der Waals surface area contributed by atoms with E-state index in [2.05, 4.69) is 10.3 Å². The van der Waals surface area contributed by atoms with Gasteiger partial charge in [0.2, 0.25) is 5.89 Å². The summed E-state index contributed by atoms with van der Waals surface area (Å²) in [5.41, 5.74) is 2.50. The number of amides is 1. The number of benzene rings is 3. The molecule has 140 valence electrons. The van der Waals surface area contributed by atoms with E-state index in [0.717, 1.165) is 0 Å². The van der Waals surface area contributed by atoms with Crippen molar-refractivity contribution in [3.63, 3.8) is 0 Å². The highest BCUT2D eigenvalue weighted by molar-refractivity contribution is 6.31. The molecule has 0 aliphatic carbocycles. The number of aromatic nitrogens is 1. The van der Waals surface area contributed by atoms with Crippen LogP contribution in [0.5, 0.6) is 5.75 Å². The summed E-state index contributed by atoms with van der Waals surface area (Å²) in [6.07, 6.45) is 0. The van der Waals surface area contributed by atoms with Crippen LogP contribution in [0, 0.1) is 0 Å². The molecule has 0 aliphatic heterocycles. The summed E-state index contributed by atoms with van der Waals surface area (Å²) in [5, 5.41) is 4.01. The number of oxazole rings is 1. The number of hydrogen-bond acceptors (Lipinski definition) is 4. The summed E-state index contributed by atoms with van der Waals surface area (Å²) < 4.78 is 11.3. The minimum Gasteiger partial charge on any atom is -0.484 e. The molecular weight excluding hydrogens is 399 g/mol. The fourth-order valence-electron chi connectivity index (χ4n) is 2.66. The minimum atomic E-state index is -0.304. The Morgan fingerprint density at radius 3 is 2.57 bits per heavy atom. The molecule has 0 radical (unpaired) electrons. The molecule has 1 heterocycles. The summed E-state index contributed by atoms with van der Waals surface area (Å²) >= 11 is 11.8. The number of ether oxygens (including phenoxy) is 1. The van der Waals surface area contributed by atoms with Gasteiger partial charge in [-0.15, -0.1) is 0 Å². The number of nitrogens with zero attached hydrogens (tertiary/aromatic N) is 1. The lowest BCUT2D eigenvalue weighted by Crippen LogP contribution is -2.20. The van der Waals surface area contributed by atoms with Crippen LogP contribution in [0.3, 0.4) is 0 Å². The Bertz CT molecular complexity index is 1140. The van der Waals surface area contributed by atoms with Crippen LogP contribution in [0.2, 0.25) is 10.0 Å². The molecular formula is C21H14Cl2N2O3. The van der Waals surface area contributed by atoms with Gasteiger partial charge in [0.25, 0.3) is 5.91 Å². The zero-order valence-corrected chi connectivity index (χ0v) is 16.0. The predicted molar refractivity (Wildman–Crippen MR) is 110 cm³/mol. The van der Waals surface area contributed by atoms with Gasteiger partial charge in [-0.05, 0) is 54.6 Å². The fourth-order valence-corrected chi connectivity index (χ4v) is 2.95. The van der Waals surface area contributed by atoms with Crippen molar-refractivity contribution in [1.29, 1.82) is 0 Å². The number of carbonyl (C=O) groups excluding carboxylic acids is 1. The van der Waals surface area contributed by atoms with Crippen molar-refractivity contribution in [3.05, 3.63) is 76.8 Å². The number of fused-ring (bicyclic) bond motifs is 1.